The third-order valence-electron chi connectivity index (χ3n) is 6.27. The van der Waals surface area contributed by atoms with Gasteiger partial charge < -0.3 is 16.0 Å². The molecule has 4 rings (SSSR count). The number of nitrogens with one attached hydrogen (secondary N) is 1. The summed E-state index contributed by atoms with van der Waals surface area (Å²) in [5.74, 6) is 0.0178. The van der Waals surface area contributed by atoms with Gasteiger partial charge in [0.1, 0.15) is 9.71 Å². The summed E-state index contributed by atoms with van der Waals surface area (Å²) in [7, 11) is 1.60. The van der Waals surface area contributed by atoms with Crippen LogP contribution in [0.25, 0.3) is 10.2 Å². The van der Waals surface area contributed by atoms with Gasteiger partial charge in [-0.25, -0.2) is 4.98 Å². The zero-order valence-electron chi connectivity index (χ0n) is 17.7. The summed E-state index contributed by atoms with van der Waals surface area (Å²) < 4.78 is 0. The highest BCUT2D eigenvalue weighted by atomic mass is 32.1. The summed E-state index contributed by atoms with van der Waals surface area (Å²) in [6.45, 7) is 3.33. The molecule has 0 radical (unpaired) electrons. The summed E-state index contributed by atoms with van der Waals surface area (Å²) >= 11 is 1.32. The number of rotatable bonds is 4. The minimum absolute atomic E-state index is 0.00518. The molecule has 2 fully saturated rings. The fourth-order valence-electron chi connectivity index (χ4n) is 4.59. The highest BCUT2D eigenvalue weighted by Gasteiger charge is 2.30. The Balaban J connectivity index is 1.56. The van der Waals surface area contributed by atoms with E-state index in [0.29, 0.717) is 17.1 Å². The number of likely N-dealkylation sites (tertiary alicyclic amines) is 2. The molecule has 0 aliphatic carbocycles. The zero-order chi connectivity index (χ0) is 21.1. The fourth-order valence-corrected chi connectivity index (χ4v) is 5.64. The van der Waals surface area contributed by atoms with Crippen LogP contribution in [0, 0.1) is 0 Å². The first-order chi connectivity index (χ1) is 14.6. The van der Waals surface area contributed by atoms with Gasteiger partial charge in [-0.1, -0.05) is 12.8 Å². The second-order valence-electron chi connectivity index (χ2n) is 8.30. The molecule has 3 N–H and O–H groups in total. The van der Waals surface area contributed by atoms with Crippen molar-refractivity contribution in [1.82, 2.24) is 20.1 Å². The molecule has 2 aliphatic rings. The summed E-state index contributed by atoms with van der Waals surface area (Å²) in [6.07, 6.45) is 7.95. The maximum Gasteiger partial charge on any atom is 0.263 e. The Bertz CT molecular complexity index is 920. The molecule has 2 aromatic rings. The van der Waals surface area contributed by atoms with Crippen LogP contribution >= 0.6 is 11.3 Å². The Morgan fingerprint density at radius 1 is 1.13 bits per heavy atom. The highest BCUT2D eigenvalue weighted by molar-refractivity contribution is 7.21. The van der Waals surface area contributed by atoms with E-state index in [0.717, 1.165) is 54.8 Å². The number of carbonyl (C=O) groups is 2. The van der Waals surface area contributed by atoms with E-state index in [9.17, 15) is 9.59 Å². The van der Waals surface area contributed by atoms with E-state index in [1.54, 1.807) is 7.05 Å². The molecule has 0 saturated carbocycles. The predicted octanol–water partition coefficient (Wildman–Crippen LogP) is 3.17. The molecule has 30 heavy (non-hydrogen) atoms. The monoisotopic (exact) mass is 429 g/mol. The molecule has 0 unspecified atom stereocenters. The zero-order valence-corrected chi connectivity index (χ0v) is 18.5. The quantitative estimate of drug-likeness (QED) is 0.779. The molecule has 8 heteroatoms. The lowest BCUT2D eigenvalue weighted by atomic mass is 9.98. The van der Waals surface area contributed by atoms with Crippen LogP contribution in [0.3, 0.4) is 0 Å². The van der Waals surface area contributed by atoms with Crippen LogP contribution in [0.5, 0.6) is 0 Å². The first kappa shape index (κ1) is 21.1. The predicted molar refractivity (Wildman–Crippen MR) is 121 cm³/mol. The van der Waals surface area contributed by atoms with Gasteiger partial charge in [0.15, 0.2) is 0 Å². The van der Waals surface area contributed by atoms with Crippen molar-refractivity contribution in [1.29, 1.82) is 0 Å². The van der Waals surface area contributed by atoms with E-state index in [2.05, 4.69) is 10.2 Å². The number of thiophene rings is 1. The standard InChI is InChI=1S/C22H31N5O2S/c1-24-21(29)20-19(23)15-9-10-16(25-22(15)30-20)17-8-4-7-13-27(17)18(28)14-26-11-5-2-3-6-12-26/h9-10,17H,2-8,11-14,23H2,1H3,(H,24,29)/t17-/m0/s1. The molecule has 2 aromatic heterocycles. The Labute approximate surface area is 181 Å². The SMILES string of the molecule is CNC(=O)c1sc2nc([C@@H]3CCCCN3C(=O)CN3CCCCCC3)ccc2c1N. The van der Waals surface area contributed by atoms with Gasteiger partial charge in [-0.05, 0) is 57.3 Å². The van der Waals surface area contributed by atoms with Gasteiger partial charge in [0.2, 0.25) is 5.91 Å². The molecule has 162 valence electrons. The van der Waals surface area contributed by atoms with E-state index < -0.39 is 0 Å². The van der Waals surface area contributed by atoms with Gasteiger partial charge >= 0.3 is 0 Å². The number of nitrogen functional groups attached to an aromatic ring is 1. The van der Waals surface area contributed by atoms with Crippen LogP contribution in [0.2, 0.25) is 0 Å². The van der Waals surface area contributed by atoms with Crippen LogP contribution in [-0.2, 0) is 4.79 Å². The topological polar surface area (TPSA) is 91.6 Å². The van der Waals surface area contributed by atoms with Gasteiger partial charge in [0.05, 0.1) is 24.0 Å². The van der Waals surface area contributed by atoms with Crippen molar-refractivity contribution in [2.24, 2.45) is 0 Å². The molecule has 2 amide bonds. The molecule has 2 aliphatic heterocycles. The molecular formula is C22H31N5O2S. The van der Waals surface area contributed by atoms with Crippen molar-refractivity contribution in [3.05, 3.63) is 22.7 Å². The van der Waals surface area contributed by atoms with Gasteiger partial charge in [0, 0.05) is 19.0 Å². The first-order valence-corrected chi connectivity index (χ1v) is 11.8. The van der Waals surface area contributed by atoms with E-state index in [4.69, 9.17) is 10.7 Å². The number of amides is 2. The number of piperidine rings is 1. The highest BCUT2D eigenvalue weighted by Crippen LogP contribution is 2.36. The number of fused-ring (bicyclic) bond motifs is 1. The van der Waals surface area contributed by atoms with Crippen LogP contribution in [0.4, 0.5) is 5.69 Å². The first-order valence-electron chi connectivity index (χ1n) is 11.0. The lowest BCUT2D eigenvalue weighted by Gasteiger charge is -2.36. The van der Waals surface area contributed by atoms with E-state index in [1.165, 1.54) is 37.0 Å². The number of anilines is 1. The smallest absolute Gasteiger partial charge is 0.263 e. The largest absolute Gasteiger partial charge is 0.397 e. The van der Waals surface area contributed by atoms with E-state index >= 15 is 0 Å². The van der Waals surface area contributed by atoms with E-state index in [1.807, 2.05) is 17.0 Å². The Morgan fingerprint density at radius 3 is 2.60 bits per heavy atom. The maximum absolute atomic E-state index is 13.2. The number of nitrogens with two attached hydrogens (primary N) is 1. The van der Waals surface area contributed by atoms with E-state index in [-0.39, 0.29) is 17.9 Å². The minimum atomic E-state index is -0.191. The average Bonchev–Trinajstić information content (AvgIpc) is 2.93. The lowest BCUT2D eigenvalue weighted by molar-refractivity contribution is -0.136. The second kappa shape index (κ2) is 9.31. The van der Waals surface area contributed by atoms with Crippen molar-refractivity contribution in [3.63, 3.8) is 0 Å². The normalized spacial score (nSPS) is 20.8. The average molecular weight is 430 g/mol. The number of pyridine rings is 1. The number of nitrogens with zero attached hydrogens (tertiary/aromatic N) is 3. The van der Waals surface area contributed by atoms with Crippen LogP contribution in [0.1, 0.15) is 66.4 Å². The van der Waals surface area contributed by atoms with Gasteiger partial charge in [0.25, 0.3) is 5.91 Å². The summed E-state index contributed by atoms with van der Waals surface area (Å²) in [5.41, 5.74) is 7.55. The summed E-state index contributed by atoms with van der Waals surface area (Å²) in [5, 5.41) is 3.44. The number of hydrogen-bond donors (Lipinski definition) is 2. The summed E-state index contributed by atoms with van der Waals surface area (Å²) in [6, 6.07) is 3.91. The molecule has 0 bridgehead atoms. The molecular weight excluding hydrogens is 398 g/mol. The molecule has 0 aromatic carbocycles. The molecule has 1 atom stereocenters. The Morgan fingerprint density at radius 2 is 1.87 bits per heavy atom. The van der Waals surface area contributed by atoms with Crippen LogP contribution in [-0.4, -0.2) is 59.8 Å². The third-order valence-corrected chi connectivity index (χ3v) is 7.38. The number of hydrogen-bond acceptors (Lipinski definition) is 6. The van der Waals surface area contributed by atoms with Gasteiger partial charge in [-0.2, -0.15) is 0 Å². The van der Waals surface area contributed by atoms with Gasteiger partial charge in [-0.15, -0.1) is 11.3 Å². The van der Waals surface area contributed by atoms with Gasteiger partial charge in [-0.3, -0.25) is 14.5 Å². The number of aromatic nitrogens is 1. The molecule has 2 saturated heterocycles. The minimum Gasteiger partial charge on any atom is -0.397 e. The third kappa shape index (κ3) is 4.30. The Hall–Kier alpha value is -2.19. The molecule has 0 spiro atoms. The van der Waals surface area contributed by atoms with Crippen molar-refractivity contribution in [2.45, 2.75) is 51.0 Å². The van der Waals surface area contributed by atoms with Crippen LogP contribution in [0.15, 0.2) is 12.1 Å². The number of carbonyl (C=O) groups excluding carboxylic acids is 2. The van der Waals surface area contributed by atoms with Crippen molar-refractivity contribution in [2.75, 3.05) is 39.0 Å². The fraction of sp³-hybridized carbons (Fsp3) is 0.591. The lowest BCUT2D eigenvalue weighted by Crippen LogP contribution is -2.44. The van der Waals surface area contributed by atoms with Crippen molar-refractivity contribution < 1.29 is 9.59 Å². The summed E-state index contributed by atoms with van der Waals surface area (Å²) in [4.78, 5) is 35.7. The Kier molecular flexibility index (Phi) is 6.53. The van der Waals surface area contributed by atoms with Crippen molar-refractivity contribution in [3.8, 4) is 0 Å². The second-order valence-corrected chi connectivity index (χ2v) is 9.30. The van der Waals surface area contributed by atoms with Crippen molar-refractivity contribution >= 4 is 39.1 Å². The maximum atomic E-state index is 13.2. The van der Waals surface area contributed by atoms with Crippen LogP contribution < -0.4 is 11.1 Å². The molecule has 4 heterocycles. The molecule has 7 nitrogen and oxygen atoms in total.